The normalized spacial score (nSPS) is 14.7. The number of sulfone groups is 1. The SMILES string of the molecule is N#Cc1csc2c1S(=O)(=O)c1c(C#N)csc1-2. The third-order valence-corrected chi connectivity index (χ3v) is 6.78. The van der Waals surface area contributed by atoms with Crippen LogP contribution in [0.25, 0.3) is 9.75 Å². The number of nitrogens with zero attached hydrogens (tertiary/aromatic N) is 2. The van der Waals surface area contributed by atoms with Crippen molar-refractivity contribution in [2.24, 2.45) is 0 Å². The van der Waals surface area contributed by atoms with Crippen LogP contribution in [0.2, 0.25) is 0 Å². The van der Waals surface area contributed by atoms with E-state index >= 15 is 0 Å². The van der Waals surface area contributed by atoms with Gasteiger partial charge >= 0.3 is 0 Å². The highest BCUT2D eigenvalue weighted by Gasteiger charge is 2.40. The summed E-state index contributed by atoms with van der Waals surface area (Å²) < 4.78 is 24.5. The Morgan fingerprint density at radius 2 is 1.35 bits per heavy atom. The molecule has 3 rings (SSSR count). The Balaban J connectivity index is 2.51. The minimum atomic E-state index is -3.69. The van der Waals surface area contributed by atoms with Crippen LogP contribution in [0.5, 0.6) is 0 Å². The summed E-state index contributed by atoms with van der Waals surface area (Å²) in [4.78, 5) is 1.32. The molecule has 0 fully saturated rings. The Kier molecular flexibility index (Phi) is 1.96. The van der Waals surface area contributed by atoms with E-state index in [0.29, 0.717) is 9.75 Å². The van der Waals surface area contributed by atoms with Gasteiger partial charge in [0.25, 0.3) is 0 Å². The molecule has 0 saturated heterocycles. The standard InChI is InChI=1S/C10H2N2O2S3/c11-1-5-3-15-7-8-10(6(2-12)4-16-8)17(13,14)9(5)7/h3-4H. The fraction of sp³-hybridized carbons (Fsp3) is 0. The monoisotopic (exact) mass is 278 g/mol. The first kappa shape index (κ1) is 10.5. The second-order valence-corrected chi connectivity index (χ2v) is 6.92. The lowest BCUT2D eigenvalue weighted by atomic mass is 10.3. The first-order valence-electron chi connectivity index (χ1n) is 4.40. The Hall–Kier alpha value is -1.67. The summed E-state index contributed by atoms with van der Waals surface area (Å²) in [5.74, 6) is 0. The van der Waals surface area contributed by atoms with E-state index in [1.54, 1.807) is 0 Å². The summed E-state index contributed by atoms with van der Waals surface area (Å²) in [5.41, 5.74) is 0.328. The minimum Gasteiger partial charge on any atom is -0.218 e. The van der Waals surface area contributed by atoms with E-state index in [1.807, 2.05) is 12.1 Å². The highest BCUT2D eigenvalue weighted by molar-refractivity contribution is 7.92. The number of fused-ring (bicyclic) bond motifs is 3. The molecule has 0 radical (unpaired) electrons. The number of rotatable bonds is 0. The maximum absolute atomic E-state index is 12.3. The van der Waals surface area contributed by atoms with E-state index in [9.17, 15) is 8.42 Å². The highest BCUT2D eigenvalue weighted by Crippen LogP contribution is 2.52. The molecule has 17 heavy (non-hydrogen) atoms. The first-order valence-corrected chi connectivity index (χ1v) is 7.64. The van der Waals surface area contributed by atoms with Crippen molar-refractivity contribution < 1.29 is 8.42 Å². The maximum Gasteiger partial charge on any atom is 0.212 e. The van der Waals surface area contributed by atoms with Crippen molar-refractivity contribution in [2.45, 2.75) is 9.79 Å². The van der Waals surface area contributed by atoms with E-state index in [2.05, 4.69) is 0 Å². The molecule has 0 atom stereocenters. The third kappa shape index (κ3) is 1.11. The quantitative estimate of drug-likeness (QED) is 0.632. The number of nitriles is 2. The smallest absolute Gasteiger partial charge is 0.212 e. The van der Waals surface area contributed by atoms with Crippen molar-refractivity contribution in [1.82, 2.24) is 0 Å². The van der Waals surface area contributed by atoms with Crippen molar-refractivity contribution in [1.29, 1.82) is 10.5 Å². The van der Waals surface area contributed by atoms with Gasteiger partial charge in [-0.05, 0) is 0 Å². The molecule has 0 N–H and O–H groups in total. The van der Waals surface area contributed by atoms with Gasteiger partial charge in [-0.3, -0.25) is 0 Å². The van der Waals surface area contributed by atoms with Gasteiger partial charge in [0.1, 0.15) is 21.9 Å². The van der Waals surface area contributed by atoms with E-state index < -0.39 is 9.84 Å². The summed E-state index contributed by atoms with van der Waals surface area (Å²) in [6.07, 6.45) is 0. The average molecular weight is 278 g/mol. The Bertz CT molecular complexity index is 764. The van der Waals surface area contributed by atoms with Crippen molar-refractivity contribution in [3.63, 3.8) is 0 Å². The van der Waals surface area contributed by atoms with Crippen LogP contribution in [-0.4, -0.2) is 8.42 Å². The fourth-order valence-corrected chi connectivity index (χ4v) is 6.66. The molecular weight excluding hydrogens is 276 g/mol. The van der Waals surface area contributed by atoms with Gasteiger partial charge in [0.15, 0.2) is 0 Å². The van der Waals surface area contributed by atoms with Gasteiger partial charge in [-0.25, -0.2) is 8.42 Å². The molecule has 3 heterocycles. The zero-order valence-electron chi connectivity index (χ0n) is 8.09. The van der Waals surface area contributed by atoms with Gasteiger partial charge in [-0.2, -0.15) is 10.5 Å². The summed E-state index contributed by atoms with van der Waals surface area (Å²) in [6.45, 7) is 0. The maximum atomic E-state index is 12.3. The lowest BCUT2D eigenvalue weighted by Crippen LogP contribution is -1.99. The molecular formula is C10H2N2O2S3. The summed E-state index contributed by atoms with van der Waals surface area (Å²) >= 11 is 2.46. The van der Waals surface area contributed by atoms with Gasteiger partial charge in [-0.1, -0.05) is 0 Å². The van der Waals surface area contributed by atoms with Gasteiger partial charge < -0.3 is 0 Å². The van der Waals surface area contributed by atoms with Crippen molar-refractivity contribution in [3.05, 3.63) is 21.9 Å². The number of hydrogen-bond acceptors (Lipinski definition) is 6. The third-order valence-electron chi connectivity index (χ3n) is 2.48. The van der Waals surface area contributed by atoms with E-state index in [-0.39, 0.29) is 20.9 Å². The minimum absolute atomic E-state index is 0.0725. The Labute approximate surface area is 105 Å². The molecule has 0 amide bonds. The number of hydrogen-bond donors (Lipinski definition) is 0. The molecule has 0 unspecified atom stereocenters. The van der Waals surface area contributed by atoms with Crippen LogP contribution < -0.4 is 0 Å². The second kappa shape index (κ2) is 3.17. The molecule has 0 aliphatic carbocycles. The molecule has 7 heteroatoms. The first-order chi connectivity index (χ1) is 8.11. The molecule has 0 saturated carbocycles. The molecule has 4 nitrogen and oxygen atoms in total. The lowest BCUT2D eigenvalue weighted by molar-refractivity contribution is 0.598. The van der Waals surface area contributed by atoms with Crippen LogP contribution >= 0.6 is 22.7 Å². The molecule has 2 aromatic rings. The Morgan fingerprint density at radius 3 is 1.71 bits per heavy atom. The van der Waals surface area contributed by atoms with Crippen LogP contribution in [0.15, 0.2) is 20.6 Å². The lowest BCUT2D eigenvalue weighted by Gasteiger charge is -1.95. The van der Waals surface area contributed by atoms with Gasteiger partial charge in [-0.15, -0.1) is 22.7 Å². The molecule has 2 aromatic heterocycles. The van der Waals surface area contributed by atoms with Crippen LogP contribution in [0.3, 0.4) is 0 Å². The second-order valence-electron chi connectivity index (χ2n) is 3.34. The molecule has 0 aromatic carbocycles. The summed E-state index contributed by atoms with van der Waals surface area (Å²) in [6, 6.07) is 3.76. The van der Waals surface area contributed by atoms with E-state index in [4.69, 9.17) is 10.5 Å². The number of thiophene rings is 2. The highest BCUT2D eigenvalue weighted by atomic mass is 32.2. The largest absolute Gasteiger partial charge is 0.218 e. The van der Waals surface area contributed by atoms with Crippen LogP contribution in [0, 0.1) is 22.7 Å². The van der Waals surface area contributed by atoms with Crippen LogP contribution in [-0.2, 0) is 9.84 Å². The molecule has 0 bridgehead atoms. The molecule has 0 spiro atoms. The molecule has 1 aliphatic rings. The Morgan fingerprint density at radius 1 is 0.941 bits per heavy atom. The van der Waals surface area contributed by atoms with Crippen molar-refractivity contribution in [2.75, 3.05) is 0 Å². The van der Waals surface area contributed by atoms with Gasteiger partial charge in [0, 0.05) is 10.8 Å². The predicted octanol–water partition coefficient (Wildman–Crippen LogP) is 2.37. The topological polar surface area (TPSA) is 81.7 Å². The van der Waals surface area contributed by atoms with E-state index in [0.717, 1.165) is 0 Å². The van der Waals surface area contributed by atoms with E-state index in [1.165, 1.54) is 33.4 Å². The van der Waals surface area contributed by atoms with Gasteiger partial charge in [0.05, 0.1) is 20.9 Å². The predicted molar refractivity (Wildman–Crippen MR) is 62.5 cm³/mol. The van der Waals surface area contributed by atoms with Crippen molar-refractivity contribution >= 4 is 32.5 Å². The average Bonchev–Trinajstić information content (AvgIpc) is 2.95. The molecule has 1 aliphatic heterocycles. The zero-order chi connectivity index (χ0) is 12.2. The molecule has 82 valence electrons. The van der Waals surface area contributed by atoms with Gasteiger partial charge in [0.2, 0.25) is 9.84 Å². The summed E-state index contributed by atoms with van der Waals surface area (Å²) in [7, 11) is -3.69. The summed E-state index contributed by atoms with van der Waals surface area (Å²) in [5, 5.41) is 20.9. The zero-order valence-corrected chi connectivity index (χ0v) is 10.5. The fourth-order valence-electron chi connectivity index (χ4n) is 1.80. The van der Waals surface area contributed by atoms with Crippen LogP contribution in [0.4, 0.5) is 0 Å². The van der Waals surface area contributed by atoms with Crippen LogP contribution in [0.1, 0.15) is 11.1 Å². The van der Waals surface area contributed by atoms with Crippen molar-refractivity contribution in [3.8, 4) is 21.9 Å².